The fourth-order valence-corrected chi connectivity index (χ4v) is 6.03. The summed E-state index contributed by atoms with van der Waals surface area (Å²) in [6, 6.07) is 7.20. The van der Waals surface area contributed by atoms with Gasteiger partial charge in [0.05, 0.1) is 45.5 Å². The van der Waals surface area contributed by atoms with Gasteiger partial charge in [-0.2, -0.15) is 9.82 Å². The monoisotopic (exact) mass is 599 g/mol. The third-order valence-electron chi connectivity index (χ3n) is 6.62. The second-order valence-corrected chi connectivity index (χ2v) is 12.2. The van der Waals surface area contributed by atoms with E-state index in [0.29, 0.717) is 40.2 Å². The smallest absolute Gasteiger partial charge is 0.231 e. The average Bonchev–Trinajstić information content (AvgIpc) is 3.30. The largest absolute Gasteiger partial charge is 0.494 e. The number of ether oxygens (including phenoxy) is 4. The van der Waals surface area contributed by atoms with Gasteiger partial charge in [0.15, 0.2) is 11.6 Å². The van der Waals surface area contributed by atoms with Crippen LogP contribution in [0.4, 0.5) is 5.69 Å². The minimum absolute atomic E-state index is 0.296. The van der Waals surface area contributed by atoms with Gasteiger partial charge in [-0.05, 0) is 58.4 Å². The van der Waals surface area contributed by atoms with Gasteiger partial charge in [0, 0.05) is 18.0 Å². The molecule has 0 amide bonds. The average molecular weight is 600 g/mol. The van der Waals surface area contributed by atoms with E-state index >= 15 is 0 Å². The number of nitrogens with one attached hydrogen (secondary N) is 2. The molecule has 0 radical (unpaired) electrons. The van der Waals surface area contributed by atoms with Crippen LogP contribution in [0.3, 0.4) is 0 Å². The van der Waals surface area contributed by atoms with Crippen LogP contribution < -0.4 is 29.3 Å². The van der Waals surface area contributed by atoms with Crippen molar-refractivity contribution >= 4 is 21.5 Å². The molecular formula is C28H37N7O6S. The molecule has 0 fully saturated rings. The van der Waals surface area contributed by atoms with Gasteiger partial charge in [0.1, 0.15) is 28.5 Å². The van der Waals surface area contributed by atoms with Crippen LogP contribution in [0, 0.1) is 6.92 Å². The maximum absolute atomic E-state index is 14.1. The van der Waals surface area contributed by atoms with Crippen LogP contribution >= 0.6 is 0 Å². The highest BCUT2D eigenvalue weighted by atomic mass is 32.2. The molecule has 13 nitrogen and oxygen atoms in total. The van der Waals surface area contributed by atoms with Gasteiger partial charge in [-0.3, -0.25) is 20.3 Å². The number of hydrogen-bond donors (Lipinski definition) is 2. The molecule has 1 aromatic carbocycles. The summed E-state index contributed by atoms with van der Waals surface area (Å²) in [7, 11) is 0.378. The highest BCUT2D eigenvalue weighted by molar-refractivity contribution is 7.90. The predicted molar refractivity (Wildman–Crippen MR) is 158 cm³/mol. The number of hydrogen-bond acceptors (Lipinski definition) is 12. The first-order valence-corrected chi connectivity index (χ1v) is 14.8. The van der Waals surface area contributed by atoms with Crippen LogP contribution in [-0.4, -0.2) is 67.7 Å². The predicted octanol–water partition coefficient (Wildman–Crippen LogP) is 3.13. The second kappa shape index (κ2) is 12.5. The number of para-hydroxylation sites is 1. The van der Waals surface area contributed by atoms with E-state index < -0.39 is 27.2 Å². The summed E-state index contributed by atoms with van der Waals surface area (Å²) in [5.41, 5.74) is 5.36. The molecule has 1 aliphatic heterocycles. The number of hydrazone groups is 1. The Bertz CT molecular complexity index is 1510. The van der Waals surface area contributed by atoms with Crippen molar-refractivity contribution in [2.45, 2.75) is 57.9 Å². The maximum Gasteiger partial charge on any atom is 0.231 e. The molecule has 3 aromatic rings. The first-order valence-electron chi connectivity index (χ1n) is 13.3. The normalized spacial score (nSPS) is 18.3. The second-order valence-electron chi connectivity index (χ2n) is 10.2. The topological polar surface area (TPSA) is 149 Å². The molecule has 4 rings (SSSR count). The SMILES string of the molecule is COc1cnc([C@@H](OC(C)C)[C@@H](C)S(=O)(=O)NC2(C)NN=C(c3cncc(C)c3)N2c2c(OC)cccc2OC)cn1. The van der Waals surface area contributed by atoms with Crippen molar-refractivity contribution < 1.29 is 27.4 Å². The quantitative estimate of drug-likeness (QED) is 0.316. The number of pyridine rings is 1. The zero-order chi connectivity index (χ0) is 30.7. The third kappa shape index (κ3) is 6.25. The zero-order valence-corrected chi connectivity index (χ0v) is 25.8. The van der Waals surface area contributed by atoms with Gasteiger partial charge < -0.3 is 18.9 Å². The number of methoxy groups -OCH3 is 3. The number of nitrogens with zero attached hydrogens (tertiary/aromatic N) is 5. The first kappa shape index (κ1) is 30.9. The Labute approximate surface area is 246 Å². The van der Waals surface area contributed by atoms with E-state index in [1.165, 1.54) is 33.7 Å². The Morgan fingerprint density at radius 2 is 1.67 bits per heavy atom. The number of anilines is 1. The van der Waals surface area contributed by atoms with Gasteiger partial charge in [0.25, 0.3) is 0 Å². The number of aryl methyl sites for hydroxylation is 1. The number of amidine groups is 1. The summed E-state index contributed by atoms with van der Waals surface area (Å²) in [5.74, 6) is 0.0823. The lowest BCUT2D eigenvalue weighted by Gasteiger charge is -2.39. The van der Waals surface area contributed by atoms with Crippen molar-refractivity contribution in [3.8, 4) is 17.4 Å². The Morgan fingerprint density at radius 1 is 0.976 bits per heavy atom. The van der Waals surface area contributed by atoms with Gasteiger partial charge in [-0.25, -0.2) is 13.4 Å². The Kier molecular flexibility index (Phi) is 9.18. The lowest BCUT2D eigenvalue weighted by atomic mass is 10.1. The van der Waals surface area contributed by atoms with E-state index in [1.807, 2.05) is 26.8 Å². The van der Waals surface area contributed by atoms with E-state index in [-0.39, 0.29) is 6.10 Å². The highest BCUT2D eigenvalue weighted by Crippen LogP contribution is 2.43. The molecule has 0 spiro atoms. The number of aromatic nitrogens is 3. The van der Waals surface area contributed by atoms with Crippen LogP contribution in [0.25, 0.3) is 0 Å². The fourth-order valence-electron chi connectivity index (χ4n) is 4.62. The van der Waals surface area contributed by atoms with E-state index in [0.717, 1.165) is 5.56 Å². The van der Waals surface area contributed by atoms with Crippen molar-refractivity contribution in [1.29, 1.82) is 0 Å². The first-order chi connectivity index (χ1) is 19.9. The molecular weight excluding hydrogens is 562 g/mol. The molecule has 14 heteroatoms. The summed E-state index contributed by atoms with van der Waals surface area (Å²) >= 11 is 0. The van der Waals surface area contributed by atoms with Crippen LogP contribution in [0.2, 0.25) is 0 Å². The maximum atomic E-state index is 14.1. The lowest BCUT2D eigenvalue weighted by molar-refractivity contribution is 0.00350. The fraction of sp³-hybridized carbons (Fsp3) is 0.429. The summed E-state index contributed by atoms with van der Waals surface area (Å²) in [6.07, 6.45) is 5.01. The van der Waals surface area contributed by atoms with Gasteiger partial charge in [-0.1, -0.05) is 6.07 Å². The van der Waals surface area contributed by atoms with E-state index in [1.54, 1.807) is 49.3 Å². The molecule has 0 saturated heterocycles. The zero-order valence-electron chi connectivity index (χ0n) is 24.9. The van der Waals surface area contributed by atoms with Crippen molar-refractivity contribution in [3.63, 3.8) is 0 Å². The summed E-state index contributed by atoms with van der Waals surface area (Å²) in [6.45, 7) is 8.77. The van der Waals surface area contributed by atoms with Crippen molar-refractivity contribution in [2.24, 2.45) is 5.10 Å². The van der Waals surface area contributed by atoms with Gasteiger partial charge in [-0.15, -0.1) is 0 Å². The van der Waals surface area contributed by atoms with E-state index in [4.69, 9.17) is 18.9 Å². The number of rotatable bonds is 12. The minimum atomic E-state index is -4.15. The van der Waals surface area contributed by atoms with Crippen molar-refractivity contribution in [1.82, 2.24) is 25.1 Å². The molecule has 0 aliphatic carbocycles. The van der Waals surface area contributed by atoms with Crippen molar-refractivity contribution in [3.05, 3.63) is 65.9 Å². The number of benzene rings is 1. The lowest BCUT2D eigenvalue weighted by Crippen LogP contribution is -2.65. The molecule has 0 bridgehead atoms. The summed E-state index contributed by atoms with van der Waals surface area (Å²) < 4.78 is 53.7. The van der Waals surface area contributed by atoms with Crippen molar-refractivity contribution in [2.75, 3.05) is 26.2 Å². The van der Waals surface area contributed by atoms with Crippen LogP contribution in [-0.2, 0) is 14.8 Å². The standard InChI is InChI=1S/C28H37N7O6S/c1-17(2)41-26(21-15-31-24(40-8)16-30-21)19(4)42(36,37)34-28(5)33-32-27(20-12-18(3)13-29-14-20)35(28)25-22(38-6)10-9-11-23(25)39-7/h9-17,19,26,33-34H,1-8H3/t19-,26+,28?/m1/s1. The van der Waals surface area contributed by atoms with E-state index in [2.05, 4.69) is 30.2 Å². The molecule has 3 heterocycles. The van der Waals surface area contributed by atoms with Gasteiger partial charge in [0.2, 0.25) is 15.9 Å². The Hall–Kier alpha value is -4.01. The number of sulfonamides is 1. The minimum Gasteiger partial charge on any atom is -0.494 e. The molecule has 42 heavy (non-hydrogen) atoms. The molecule has 1 aliphatic rings. The van der Waals surface area contributed by atoms with Crippen LogP contribution in [0.5, 0.6) is 17.4 Å². The molecule has 226 valence electrons. The highest BCUT2D eigenvalue weighted by Gasteiger charge is 2.48. The molecule has 2 N–H and O–H groups in total. The molecule has 0 saturated carbocycles. The molecule has 3 atom stereocenters. The van der Waals surface area contributed by atoms with Crippen LogP contribution in [0.15, 0.2) is 54.2 Å². The molecule has 1 unspecified atom stereocenters. The van der Waals surface area contributed by atoms with E-state index in [9.17, 15) is 8.42 Å². The molecule has 2 aromatic heterocycles. The Balaban J connectivity index is 1.79. The summed E-state index contributed by atoms with van der Waals surface area (Å²) in [5, 5.41) is 3.47. The Morgan fingerprint density at radius 3 is 2.21 bits per heavy atom. The summed E-state index contributed by atoms with van der Waals surface area (Å²) in [4.78, 5) is 14.6. The van der Waals surface area contributed by atoms with Crippen LogP contribution in [0.1, 0.15) is 50.6 Å². The third-order valence-corrected chi connectivity index (χ3v) is 8.53. The van der Waals surface area contributed by atoms with Gasteiger partial charge >= 0.3 is 0 Å².